The number of carbonyl (C=O) groups excluding carboxylic acids is 1. The molecule has 3 aromatic carbocycles. The van der Waals surface area contributed by atoms with E-state index in [9.17, 15) is 14.7 Å². The maximum Gasteiger partial charge on any atom is 0.413 e. The topological polar surface area (TPSA) is 101 Å². The maximum atomic E-state index is 12.5. The van der Waals surface area contributed by atoms with Crippen molar-refractivity contribution in [2.75, 3.05) is 5.32 Å². The van der Waals surface area contributed by atoms with Crippen LogP contribution in [0.5, 0.6) is 0 Å². The van der Waals surface area contributed by atoms with Gasteiger partial charge < -0.3 is 9.84 Å². The molecule has 7 nitrogen and oxygen atoms in total. The van der Waals surface area contributed by atoms with Crippen molar-refractivity contribution in [3.8, 4) is 22.3 Å². The van der Waals surface area contributed by atoms with E-state index in [1.54, 1.807) is 6.20 Å². The molecule has 1 unspecified atom stereocenters. The van der Waals surface area contributed by atoms with Gasteiger partial charge in [-0.05, 0) is 47.6 Å². The van der Waals surface area contributed by atoms with Crippen molar-refractivity contribution in [2.24, 2.45) is 0 Å². The van der Waals surface area contributed by atoms with Gasteiger partial charge in [0, 0.05) is 11.8 Å². The lowest BCUT2D eigenvalue weighted by Gasteiger charge is -2.15. The van der Waals surface area contributed by atoms with Crippen molar-refractivity contribution in [3.63, 3.8) is 0 Å². The Morgan fingerprint density at radius 1 is 0.917 bits per heavy atom. The average Bonchev–Trinajstić information content (AvgIpc) is 3.72. The van der Waals surface area contributed by atoms with Crippen LogP contribution in [0.15, 0.2) is 91.4 Å². The Morgan fingerprint density at radius 3 is 2.14 bits per heavy atom. The number of benzene rings is 3. The summed E-state index contributed by atoms with van der Waals surface area (Å²) >= 11 is 0. The molecule has 1 aliphatic rings. The van der Waals surface area contributed by atoms with Gasteiger partial charge in [0.05, 0.1) is 5.41 Å². The summed E-state index contributed by atoms with van der Waals surface area (Å²) in [7, 11) is 0. The molecule has 180 valence electrons. The minimum absolute atomic E-state index is 0.357. The first-order valence-corrected chi connectivity index (χ1v) is 11.7. The molecule has 1 saturated carbocycles. The lowest BCUT2D eigenvalue weighted by molar-refractivity contribution is -0.140. The van der Waals surface area contributed by atoms with Crippen LogP contribution >= 0.6 is 0 Å². The van der Waals surface area contributed by atoms with E-state index in [0.717, 1.165) is 27.8 Å². The van der Waals surface area contributed by atoms with Crippen LogP contribution in [0.4, 0.5) is 10.6 Å². The van der Waals surface area contributed by atoms with Gasteiger partial charge in [-0.15, -0.1) is 0 Å². The summed E-state index contributed by atoms with van der Waals surface area (Å²) in [6.07, 6.45) is 3.38. The summed E-state index contributed by atoms with van der Waals surface area (Å²) in [5, 5.41) is 12.2. The zero-order valence-electron chi connectivity index (χ0n) is 19.7. The molecule has 2 N–H and O–H groups in total. The van der Waals surface area contributed by atoms with Crippen molar-refractivity contribution in [3.05, 3.63) is 103 Å². The lowest BCUT2D eigenvalue weighted by Crippen LogP contribution is -2.19. The maximum absolute atomic E-state index is 12.5. The van der Waals surface area contributed by atoms with Gasteiger partial charge >= 0.3 is 12.1 Å². The highest BCUT2D eigenvalue weighted by molar-refractivity contribution is 5.90. The van der Waals surface area contributed by atoms with Crippen LogP contribution in [-0.2, 0) is 14.9 Å². The largest absolute Gasteiger partial charge is 0.481 e. The summed E-state index contributed by atoms with van der Waals surface area (Å²) in [4.78, 5) is 32.5. The average molecular weight is 480 g/mol. The third-order valence-electron chi connectivity index (χ3n) is 6.61. The number of anilines is 1. The Balaban J connectivity index is 1.30. The summed E-state index contributed by atoms with van der Waals surface area (Å²) in [5.41, 5.74) is 4.53. The van der Waals surface area contributed by atoms with Gasteiger partial charge in [0.1, 0.15) is 18.2 Å². The number of carboxylic acid groups (broad SMARTS) is 1. The second-order valence-corrected chi connectivity index (χ2v) is 8.91. The van der Waals surface area contributed by atoms with Crippen LogP contribution in [0.25, 0.3) is 22.3 Å². The lowest BCUT2D eigenvalue weighted by atomic mass is 9.93. The summed E-state index contributed by atoms with van der Waals surface area (Å²) in [6, 6.07) is 25.0. The van der Waals surface area contributed by atoms with Crippen molar-refractivity contribution >= 4 is 17.9 Å². The zero-order valence-corrected chi connectivity index (χ0v) is 19.7. The molecule has 4 aromatic rings. The quantitative estimate of drug-likeness (QED) is 0.325. The number of hydrogen-bond donors (Lipinski definition) is 2. The first-order valence-electron chi connectivity index (χ1n) is 11.7. The number of nitrogens with one attached hydrogen (secondary N) is 1. The number of rotatable bonds is 7. The molecule has 1 heterocycles. The number of carboxylic acids is 1. The minimum atomic E-state index is -0.757. The van der Waals surface area contributed by atoms with E-state index in [2.05, 4.69) is 15.3 Å². The second-order valence-electron chi connectivity index (χ2n) is 8.91. The van der Waals surface area contributed by atoms with E-state index in [1.165, 1.54) is 6.33 Å². The van der Waals surface area contributed by atoms with Crippen molar-refractivity contribution < 1.29 is 19.4 Å². The fourth-order valence-electron chi connectivity index (χ4n) is 4.29. The van der Waals surface area contributed by atoms with E-state index in [1.807, 2.05) is 85.8 Å². The molecule has 36 heavy (non-hydrogen) atoms. The van der Waals surface area contributed by atoms with Gasteiger partial charge in [-0.1, -0.05) is 78.9 Å². The van der Waals surface area contributed by atoms with E-state index in [0.29, 0.717) is 24.2 Å². The fraction of sp³-hybridized carbons (Fsp3) is 0.172. The van der Waals surface area contributed by atoms with E-state index in [4.69, 9.17) is 4.74 Å². The number of aliphatic carboxylic acids is 1. The SMILES string of the molecule is CC(OC(=O)Nc1ncncc1-c1ccc(-c2ccc(C3(C(=O)O)CC3)cc2)cc1)c1ccccc1. The van der Waals surface area contributed by atoms with Crippen LogP contribution in [0.2, 0.25) is 0 Å². The number of amides is 1. The van der Waals surface area contributed by atoms with E-state index < -0.39 is 23.6 Å². The van der Waals surface area contributed by atoms with Gasteiger partial charge in [-0.25, -0.2) is 14.8 Å². The molecule has 0 radical (unpaired) electrons. The molecule has 0 aliphatic heterocycles. The van der Waals surface area contributed by atoms with Crippen molar-refractivity contribution in [1.29, 1.82) is 0 Å². The molecule has 1 atom stereocenters. The monoisotopic (exact) mass is 479 g/mol. The number of carbonyl (C=O) groups is 2. The molecule has 1 fully saturated rings. The predicted octanol–water partition coefficient (Wildman–Crippen LogP) is 6.24. The number of ether oxygens (including phenoxy) is 1. The van der Waals surface area contributed by atoms with Crippen LogP contribution in [0.1, 0.15) is 37.0 Å². The summed E-state index contributed by atoms with van der Waals surface area (Å²) in [6.45, 7) is 1.81. The third kappa shape index (κ3) is 4.68. The molecule has 0 bridgehead atoms. The molecule has 1 aliphatic carbocycles. The van der Waals surface area contributed by atoms with Gasteiger partial charge in [0.15, 0.2) is 0 Å². The zero-order chi connectivity index (χ0) is 25.1. The van der Waals surface area contributed by atoms with Crippen molar-refractivity contribution in [1.82, 2.24) is 9.97 Å². The highest BCUT2D eigenvalue weighted by atomic mass is 16.6. The second kappa shape index (κ2) is 9.62. The van der Waals surface area contributed by atoms with Crippen LogP contribution in [-0.4, -0.2) is 27.1 Å². The molecule has 1 aromatic heterocycles. The van der Waals surface area contributed by atoms with E-state index >= 15 is 0 Å². The first kappa shape index (κ1) is 23.2. The molecular weight excluding hydrogens is 454 g/mol. The predicted molar refractivity (Wildman–Crippen MR) is 136 cm³/mol. The molecule has 5 rings (SSSR count). The van der Waals surface area contributed by atoms with Crippen LogP contribution in [0.3, 0.4) is 0 Å². The molecule has 0 saturated heterocycles. The van der Waals surface area contributed by atoms with E-state index in [-0.39, 0.29) is 0 Å². The van der Waals surface area contributed by atoms with Gasteiger partial charge in [0.2, 0.25) is 0 Å². The van der Waals surface area contributed by atoms with Crippen LogP contribution < -0.4 is 5.32 Å². The third-order valence-corrected chi connectivity index (χ3v) is 6.61. The first-order chi connectivity index (χ1) is 17.5. The standard InChI is InChI=1S/C29H25N3O4/c1-19(20-5-3-2-4-6-20)36-28(35)32-26-25(17-30-18-31-26)23-9-7-21(8-10-23)22-11-13-24(14-12-22)29(15-16-29)27(33)34/h2-14,17-19H,15-16H2,1H3,(H,33,34)(H,30,31,32,35). The van der Waals surface area contributed by atoms with Gasteiger partial charge in [-0.2, -0.15) is 0 Å². The summed E-state index contributed by atoms with van der Waals surface area (Å²) in [5.74, 6) is -0.400. The van der Waals surface area contributed by atoms with Gasteiger partial charge in [0.25, 0.3) is 0 Å². The molecule has 7 heteroatoms. The Morgan fingerprint density at radius 2 is 1.53 bits per heavy atom. The van der Waals surface area contributed by atoms with Crippen molar-refractivity contribution in [2.45, 2.75) is 31.3 Å². The summed E-state index contributed by atoms with van der Waals surface area (Å²) < 4.78 is 5.51. The van der Waals surface area contributed by atoms with Gasteiger partial charge in [-0.3, -0.25) is 10.1 Å². The highest BCUT2D eigenvalue weighted by Crippen LogP contribution is 2.48. The minimum Gasteiger partial charge on any atom is -0.481 e. The Hall–Kier alpha value is -4.52. The van der Waals surface area contributed by atoms with Crippen LogP contribution in [0, 0.1) is 0 Å². The number of hydrogen-bond acceptors (Lipinski definition) is 5. The Bertz CT molecular complexity index is 1380. The normalized spacial score (nSPS) is 14.5. The fourth-order valence-corrected chi connectivity index (χ4v) is 4.29. The molecule has 1 amide bonds. The highest BCUT2D eigenvalue weighted by Gasteiger charge is 2.51. The Kier molecular flexibility index (Phi) is 6.21. The molecular formula is C29H25N3O4. The Labute approximate surface area is 208 Å². The smallest absolute Gasteiger partial charge is 0.413 e. The number of nitrogens with zero attached hydrogens (tertiary/aromatic N) is 2. The molecule has 0 spiro atoms. The number of aromatic nitrogens is 2.